The lowest BCUT2D eigenvalue weighted by molar-refractivity contribution is -0.0808. The van der Waals surface area contributed by atoms with Crippen molar-refractivity contribution < 1.29 is 44.5 Å². The van der Waals surface area contributed by atoms with Gasteiger partial charge < -0.3 is 49.8 Å². The van der Waals surface area contributed by atoms with Gasteiger partial charge in [0.2, 0.25) is 5.75 Å². The molecule has 1 saturated carbocycles. The zero-order valence-corrected chi connectivity index (χ0v) is 28.1. The number of benzene rings is 2. The molecule has 0 saturated heterocycles. The van der Waals surface area contributed by atoms with E-state index in [9.17, 15) is 25.5 Å². The number of hydrogen-bond acceptors (Lipinski definition) is 12. The lowest BCUT2D eigenvalue weighted by Crippen LogP contribution is -2.37. The summed E-state index contributed by atoms with van der Waals surface area (Å²) >= 11 is 0. The Morgan fingerprint density at radius 3 is 2.20 bits per heavy atom. The van der Waals surface area contributed by atoms with Crippen molar-refractivity contribution in [2.24, 2.45) is 11.8 Å². The summed E-state index contributed by atoms with van der Waals surface area (Å²) in [6.45, 7) is 0.520. The quantitative estimate of drug-likeness (QED) is 0.157. The molecule has 1 heterocycles. The van der Waals surface area contributed by atoms with Crippen molar-refractivity contribution in [2.75, 3.05) is 40.4 Å². The Hall–Kier alpha value is -2.06. The number of nitrogens with one attached hydrogen (secondary N) is 1. The Balaban J connectivity index is 1.52. The second-order valence-electron chi connectivity index (χ2n) is 12.0. The molecule has 1 aliphatic carbocycles. The van der Waals surface area contributed by atoms with Gasteiger partial charge in [0.05, 0.1) is 38.6 Å². The van der Waals surface area contributed by atoms with Gasteiger partial charge in [-0.15, -0.1) is 0 Å². The Morgan fingerprint density at radius 2 is 1.56 bits per heavy atom. The summed E-state index contributed by atoms with van der Waals surface area (Å²) in [6, 6.07) is 7.08. The van der Waals surface area contributed by atoms with E-state index in [1.54, 1.807) is 29.0 Å². The van der Waals surface area contributed by atoms with Gasteiger partial charge in [-0.05, 0) is 112 Å². The summed E-state index contributed by atoms with van der Waals surface area (Å²) in [5.41, 5.74) is 2.74. The molecular weight excluding hydrogens is 618 g/mol. The van der Waals surface area contributed by atoms with Crippen LogP contribution in [0, 0.1) is 11.8 Å². The van der Waals surface area contributed by atoms with Crippen LogP contribution < -0.4 is 19.5 Å². The monoisotopic (exact) mass is 667 g/mol. The highest BCUT2D eigenvalue weighted by Crippen LogP contribution is 2.40. The molecule has 0 radical (unpaired) electrons. The minimum absolute atomic E-state index is 0.0642. The van der Waals surface area contributed by atoms with Gasteiger partial charge in [0.25, 0.3) is 0 Å². The normalized spacial score (nSPS) is 26.5. The number of aryl methyl sites for hydroxylation is 1. The number of aliphatic hydroxyl groups is 3. The molecule has 1 aliphatic heterocycles. The van der Waals surface area contributed by atoms with Gasteiger partial charge in [0, 0.05) is 17.4 Å². The van der Waals surface area contributed by atoms with E-state index >= 15 is 0 Å². The molecule has 2 aromatic rings. The second-order valence-corrected chi connectivity index (χ2v) is 14.5. The van der Waals surface area contributed by atoms with Gasteiger partial charge in [-0.25, -0.2) is 0 Å². The maximum absolute atomic E-state index is 11.5. The van der Waals surface area contributed by atoms with Crippen molar-refractivity contribution in [1.82, 2.24) is 5.32 Å². The molecule has 10 nitrogen and oxygen atoms in total. The third-order valence-electron chi connectivity index (χ3n) is 8.95. The number of phenols is 2. The molecule has 4 rings (SSSR count). The maximum Gasteiger partial charge on any atom is 0.200 e. The Labute approximate surface area is 274 Å². The van der Waals surface area contributed by atoms with Gasteiger partial charge in [-0.2, -0.15) is 0 Å². The third-order valence-corrected chi connectivity index (χ3v) is 11.3. The van der Waals surface area contributed by atoms with Crippen LogP contribution >= 0.6 is 21.6 Å². The fourth-order valence-corrected chi connectivity index (χ4v) is 8.69. The summed E-state index contributed by atoms with van der Waals surface area (Å²) in [4.78, 5) is 0. The summed E-state index contributed by atoms with van der Waals surface area (Å²) in [6.07, 6.45) is 3.51. The molecule has 0 amide bonds. The van der Waals surface area contributed by atoms with Crippen LogP contribution in [0.5, 0.6) is 28.7 Å². The molecule has 0 bridgehead atoms. The minimum atomic E-state index is -0.940. The zero-order chi connectivity index (χ0) is 32.3. The number of phenolic OH excluding ortho intramolecular Hbond substituents is 2. The van der Waals surface area contributed by atoms with E-state index in [2.05, 4.69) is 5.32 Å². The average Bonchev–Trinajstić information content (AvgIpc) is 3.04. The number of aliphatic hydroxyl groups excluding tert-OH is 3. The number of ether oxygens (including phenoxy) is 4. The van der Waals surface area contributed by atoms with Crippen molar-refractivity contribution in [1.29, 1.82) is 0 Å². The maximum atomic E-state index is 11.5. The van der Waals surface area contributed by atoms with E-state index < -0.39 is 31.0 Å². The zero-order valence-electron chi connectivity index (χ0n) is 26.4. The van der Waals surface area contributed by atoms with Crippen molar-refractivity contribution in [3.05, 3.63) is 41.0 Å². The summed E-state index contributed by atoms with van der Waals surface area (Å²) in [5, 5.41) is 57.0. The molecule has 6 N–H and O–H groups in total. The lowest BCUT2D eigenvalue weighted by Gasteiger charge is -2.30. The van der Waals surface area contributed by atoms with Crippen molar-refractivity contribution in [2.45, 2.75) is 81.5 Å². The first-order valence-electron chi connectivity index (χ1n) is 15.7. The number of rotatable bonds is 10. The largest absolute Gasteiger partial charge is 0.504 e. The first kappa shape index (κ1) is 35.8. The van der Waals surface area contributed by atoms with Crippen LogP contribution in [0.25, 0.3) is 0 Å². The molecule has 12 heteroatoms. The van der Waals surface area contributed by atoms with Crippen LogP contribution in [-0.4, -0.2) is 90.3 Å². The van der Waals surface area contributed by atoms with Crippen LogP contribution in [0.3, 0.4) is 0 Å². The smallest absolute Gasteiger partial charge is 0.200 e. The summed E-state index contributed by atoms with van der Waals surface area (Å²) in [5.74, 6) is 2.07. The number of hydrogen-bond donors (Lipinski definition) is 6. The standard InChI is InChI=1S/C33H49NO9S2/c1-34-16-20-4-7-24(8-5-20)43-30-14-22-6-9-25(42-19-35)15-27(36)26(29(38)18-45-44-17-23(22)13-28(30)37)10-21-11-31(40-2)33(39)32(12-21)41-3/h11-14,20,24-27,29,34-39H,4-10,15-19H2,1-3H3. The third kappa shape index (κ3) is 9.96. The average molecular weight is 668 g/mol. The first-order chi connectivity index (χ1) is 21.8. The Kier molecular flexibility index (Phi) is 14.1. The van der Waals surface area contributed by atoms with Crippen LogP contribution in [0.15, 0.2) is 24.3 Å². The van der Waals surface area contributed by atoms with Gasteiger partial charge in [-0.1, -0.05) is 21.6 Å². The van der Waals surface area contributed by atoms with Crippen LogP contribution in [0.2, 0.25) is 0 Å². The SMILES string of the molecule is CNCC1CCC(Oc2cc3c(cc2O)CSSCC(O)C(Cc2cc(OC)c(O)c(OC)c2)C(O)CC(OCO)CC3)CC1. The highest BCUT2D eigenvalue weighted by molar-refractivity contribution is 8.76. The predicted molar refractivity (Wildman–Crippen MR) is 177 cm³/mol. The highest BCUT2D eigenvalue weighted by atomic mass is 33.1. The molecule has 2 aromatic carbocycles. The molecule has 4 atom stereocenters. The van der Waals surface area contributed by atoms with Crippen molar-refractivity contribution >= 4 is 21.6 Å². The van der Waals surface area contributed by atoms with E-state index in [4.69, 9.17) is 18.9 Å². The van der Waals surface area contributed by atoms with E-state index in [1.807, 2.05) is 13.1 Å². The number of fused-ring (bicyclic) bond motifs is 1. The molecular formula is C33H49NO9S2. The highest BCUT2D eigenvalue weighted by Gasteiger charge is 2.31. The van der Waals surface area contributed by atoms with Gasteiger partial charge in [0.1, 0.15) is 6.79 Å². The Morgan fingerprint density at radius 1 is 0.844 bits per heavy atom. The van der Waals surface area contributed by atoms with Crippen molar-refractivity contribution in [3.63, 3.8) is 0 Å². The summed E-state index contributed by atoms with van der Waals surface area (Å²) < 4.78 is 22.6. The second kappa shape index (κ2) is 17.7. The molecule has 252 valence electrons. The molecule has 2 aliphatic rings. The van der Waals surface area contributed by atoms with Crippen LogP contribution in [-0.2, 0) is 23.3 Å². The molecule has 4 unspecified atom stereocenters. The van der Waals surface area contributed by atoms with E-state index in [0.717, 1.165) is 48.9 Å². The van der Waals surface area contributed by atoms with Crippen molar-refractivity contribution in [3.8, 4) is 28.7 Å². The molecule has 0 aromatic heterocycles. The van der Waals surface area contributed by atoms with Gasteiger partial charge in [0.15, 0.2) is 23.0 Å². The fourth-order valence-electron chi connectivity index (χ4n) is 6.39. The number of methoxy groups -OCH3 is 2. The summed E-state index contributed by atoms with van der Waals surface area (Å²) in [7, 11) is 7.98. The Bertz CT molecular complexity index is 1190. The fraction of sp³-hybridized carbons (Fsp3) is 0.636. The van der Waals surface area contributed by atoms with Crippen LogP contribution in [0.4, 0.5) is 0 Å². The predicted octanol–water partition coefficient (Wildman–Crippen LogP) is 4.41. The lowest BCUT2D eigenvalue weighted by atomic mass is 9.86. The van der Waals surface area contributed by atoms with E-state index in [1.165, 1.54) is 25.0 Å². The van der Waals surface area contributed by atoms with Gasteiger partial charge in [-0.3, -0.25) is 0 Å². The topological polar surface area (TPSA) is 150 Å². The first-order valence-corrected chi connectivity index (χ1v) is 18.2. The van der Waals surface area contributed by atoms with E-state index in [0.29, 0.717) is 42.4 Å². The minimum Gasteiger partial charge on any atom is -0.504 e. The van der Waals surface area contributed by atoms with E-state index in [-0.39, 0.29) is 35.5 Å². The molecule has 45 heavy (non-hydrogen) atoms. The molecule has 0 spiro atoms. The van der Waals surface area contributed by atoms with Crippen LogP contribution in [0.1, 0.15) is 55.2 Å². The van der Waals surface area contributed by atoms with Gasteiger partial charge >= 0.3 is 0 Å². The number of aromatic hydroxyl groups is 2. The molecule has 1 fully saturated rings.